The third-order valence-corrected chi connectivity index (χ3v) is 4.46. The molecular formula is C18H34N2O3. The Balaban J connectivity index is 2.29. The smallest absolute Gasteiger partial charge is 0.302 e. The Morgan fingerprint density at radius 3 is 2.35 bits per heavy atom. The van der Waals surface area contributed by atoms with E-state index in [4.69, 9.17) is 4.74 Å². The lowest BCUT2D eigenvalue weighted by Gasteiger charge is -2.23. The summed E-state index contributed by atoms with van der Waals surface area (Å²) in [4.78, 5) is 24.7. The number of amides is 1. The minimum Gasteiger partial charge on any atom is -0.461 e. The molecule has 5 nitrogen and oxygen atoms in total. The van der Waals surface area contributed by atoms with E-state index in [0.29, 0.717) is 6.54 Å². The normalized spacial score (nSPS) is 21.3. The first kappa shape index (κ1) is 19.9. The second-order valence-electron chi connectivity index (χ2n) is 6.67. The maximum absolute atomic E-state index is 11.2. The van der Waals surface area contributed by atoms with Gasteiger partial charge in [-0.2, -0.15) is 0 Å². The average Bonchev–Trinajstić information content (AvgIpc) is 2.85. The van der Waals surface area contributed by atoms with Crippen LogP contribution in [0.4, 0.5) is 0 Å². The van der Waals surface area contributed by atoms with Crippen molar-refractivity contribution in [2.75, 3.05) is 19.6 Å². The van der Waals surface area contributed by atoms with Gasteiger partial charge in [-0.15, -0.1) is 0 Å². The van der Waals surface area contributed by atoms with E-state index < -0.39 is 0 Å². The fourth-order valence-corrected chi connectivity index (χ4v) is 3.28. The summed E-state index contributed by atoms with van der Waals surface area (Å²) in [7, 11) is 0. The molecule has 1 N–H and O–H groups in total. The minimum atomic E-state index is -0.217. The molecular weight excluding hydrogens is 292 g/mol. The monoisotopic (exact) mass is 326 g/mol. The predicted octanol–water partition coefficient (Wildman–Crippen LogP) is 2.88. The van der Waals surface area contributed by atoms with Crippen molar-refractivity contribution in [2.45, 2.75) is 84.3 Å². The molecule has 2 atom stereocenters. The molecule has 1 heterocycles. The van der Waals surface area contributed by atoms with Crippen LogP contribution in [0.3, 0.4) is 0 Å². The first-order valence-electron chi connectivity index (χ1n) is 9.18. The van der Waals surface area contributed by atoms with Crippen molar-refractivity contribution in [1.29, 1.82) is 0 Å². The molecule has 23 heavy (non-hydrogen) atoms. The summed E-state index contributed by atoms with van der Waals surface area (Å²) in [5.41, 5.74) is 0. The van der Waals surface area contributed by atoms with Crippen LogP contribution in [0.1, 0.15) is 72.1 Å². The maximum Gasteiger partial charge on any atom is 0.302 e. The summed E-state index contributed by atoms with van der Waals surface area (Å²) in [6.07, 6.45) is 9.83. The van der Waals surface area contributed by atoms with Crippen LogP contribution in [-0.4, -0.2) is 48.6 Å². The zero-order valence-corrected chi connectivity index (χ0v) is 15.1. The average molecular weight is 326 g/mol. The van der Waals surface area contributed by atoms with Gasteiger partial charge in [0.15, 0.2) is 0 Å². The number of carbonyl (C=O) groups excluding carboxylic acids is 2. The summed E-state index contributed by atoms with van der Waals surface area (Å²) in [5, 5.41) is 2.89. The maximum atomic E-state index is 11.2. The molecule has 0 aromatic heterocycles. The number of nitrogens with one attached hydrogen (secondary N) is 1. The number of hydrogen-bond acceptors (Lipinski definition) is 4. The van der Waals surface area contributed by atoms with E-state index in [2.05, 4.69) is 17.1 Å². The van der Waals surface area contributed by atoms with E-state index in [9.17, 15) is 9.59 Å². The van der Waals surface area contributed by atoms with Crippen LogP contribution in [0, 0.1) is 0 Å². The molecule has 1 rings (SSSR count). The molecule has 5 heteroatoms. The van der Waals surface area contributed by atoms with Crippen molar-refractivity contribution in [3.63, 3.8) is 0 Å². The van der Waals surface area contributed by atoms with Crippen LogP contribution in [0.5, 0.6) is 0 Å². The Hall–Kier alpha value is -1.10. The number of carbonyl (C=O) groups is 2. The molecule has 1 aliphatic heterocycles. The summed E-state index contributed by atoms with van der Waals surface area (Å²) in [5.74, 6) is -0.220. The van der Waals surface area contributed by atoms with Crippen LogP contribution in [0.15, 0.2) is 0 Å². The molecule has 0 saturated carbocycles. The Kier molecular flexibility index (Phi) is 9.92. The van der Waals surface area contributed by atoms with Gasteiger partial charge in [0.25, 0.3) is 0 Å². The SMILES string of the molecule is CCCCCCCCCN1CC(OC(C)=O)CC1CNC(C)=O. The first-order chi connectivity index (χ1) is 11.0. The molecule has 0 aromatic carbocycles. The summed E-state index contributed by atoms with van der Waals surface area (Å²) in [6, 6.07) is 0.281. The van der Waals surface area contributed by atoms with Crippen molar-refractivity contribution < 1.29 is 14.3 Å². The Labute approximate surface area is 141 Å². The van der Waals surface area contributed by atoms with Gasteiger partial charge in [0.2, 0.25) is 5.91 Å². The third-order valence-electron chi connectivity index (χ3n) is 4.46. The summed E-state index contributed by atoms with van der Waals surface area (Å²) < 4.78 is 5.36. The number of rotatable bonds is 11. The van der Waals surface area contributed by atoms with Gasteiger partial charge in [-0.3, -0.25) is 14.5 Å². The number of nitrogens with zero attached hydrogens (tertiary/aromatic N) is 1. The molecule has 2 unspecified atom stereocenters. The molecule has 0 radical (unpaired) electrons. The second-order valence-corrected chi connectivity index (χ2v) is 6.67. The van der Waals surface area contributed by atoms with Gasteiger partial charge in [-0.25, -0.2) is 0 Å². The highest BCUT2D eigenvalue weighted by Gasteiger charge is 2.33. The fraction of sp³-hybridized carbons (Fsp3) is 0.889. The van der Waals surface area contributed by atoms with E-state index in [1.165, 1.54) is 51.9 Å². The van der Waals surface area contributed by atoms with Crippen LogP contribution in [0.25, 0.3) is 0 Å². The molecule has 1 amide bonds. The molecule has 1 fully saturated rings. The lowest BCUT2D eigenvalue weighted by Crippen LogP contribution is -2.39. The van der Waals surface area contributed by atoms with Crippen LogP contribution in [0.2, 0.25) is 0 Å². The zero-order valence-electron chi connectivity index (χ0n) is 15.1. The van der Waals surface area contributed by atoms with Gasteiger partial charge in [0, 0.05) is 39.4 Å². The number of ether oxygens (including phenoxy) is 1. The van der Waals surface area contributed by atoms with Crippen molar-refractivity contribution in [3.05, 3.63) is 0 Å². The van der Waals surface area contributed by atoms with Crippen LogP contribution < -0.4 is 5.32 Å². The molecule has 1 aliphatic rings. The van der Waals surface area contributed by atoms with Crippen LogP contribution >= 0.6 is 0 Å². The van der Waals surface area contributed by atoms with Crippen molar-refractivity contribution in [1.82, 2.24) is 10.2 Å². The molecule has 1 saturated heterocycles. The lowest BCUT2D eigenvalue weighted by molar-refractivity contribution is -0.145. The van der Waals surface area contributed by atoms with Gasteiger partial charge in [-0.05, 0) is 13.0 Å². The van der Waals surface area contributed by atoms with Gasteiger partial charge >= 0.3 is 5.97 Å². The first-order valence-corrected chi connectivity index (χ1v) is 9.18. The molecule has 134 valence electrons. The number of esters is 1. The highest BCUT2D eigenvalue weighted by molar-refractivity contribution is 5.72. The highest BCUT2D eigenvalue weighted by Crippen LogP contribution is 2.21. The number of hydrogen-bond donors (Lipinski definition) is 1. The van der Waals surface area contributed by atoms with Crippen molar-refractivity contribution >= 4 is 11.9 Å². The Morgan fingerprint density at radius 1 is 1.09 bits per heavy atom. The fourth-order valence-electron chi connectivity index (χ4n) is 3.28. The number of unbranched alkanes of at least 4 members (excludes halogenated alkanes) is 6. The van der Waals surface area contributed by atoms with Gasteiger partial charge in [0.05, 0.1) is 0 Å². The standard InChI is InChI=1S/C18H34N2O3/c1-4-5-6-7-8-9-10-11-20-14-18(23-16(3)22)12-17(20)13-19-15(2)21/h17-18H,4-14H2,1-3H3,(H,19,21). The van der Waals surface area contributed by atoms with Crippen molar-refractivity contribution in [3.8, 4) is 0 Å². The van der Waals surface area contributed by atoms with Gasteiger partial charge < -0.3 is 10.1 Å². The lowest BCUT2D eigenvalue weighted by atomic mass is 10.1. The molecule has 0 bridgehead atoms. The predicted molar refractivity (Wildman–Crippen MR) is 92.2 cm³/mol. The van der Waals surface area contributed by atoms with E-state index in [0.717, 1.165) is 19.5 Å². The number of likely N-dealkylation sites (tertiary alicyclic amines) is 1. The van der Waals surface area contributed by atoms with Gasteiger partial charge in [0.1, 0.15) is 6.10 Å². The summed E-state index contributed by atoms with van der Waals surface area (Å²) >= 11 is 0. The third kappa shape index (κ3) is 8.94. The van der Waals surface area contributed by atoms with Crippen molar-refractivity contribution in [2.24, 2.45) is 0 Å². The van der Waals surface area contributed by atoms with E-state index in [1.54, 1.807) is 6.92 Å². The topological polar surface area (TPSA) is 58.6 Å². The molecule has 0 aliphatic carbocycles. The zero-order chi connectivity index (χ0) is 17.1. The van der Waals surface area contributed by atoms with E-state index in [-0.39, 0.29) is 24.0 Å². The minimum absolute atomic E-state index is 0.00295. The van der Waals surface area contributed by atoms with Gasteiger partial charge in [-0.1, -0.05) is 45.4 Å². The van der Waals surface area contributed by atoms with E-state index >= 15 is 0 Å². The Bertz CT molecular complexity index is 360. The second kappa shape index (κ2) is 11.4. The van der Waals surface area contributed by atoms with Crippen LogP contribution in [-0.2, 0) is 14.3 Å². The summed E-state index contributed by atoms with van der Waals surface area (Å²) in [6.45, 7) is 7.70. The largest absolute Gasteiger partial charge is 0.461 e. The Morgan fingerprint density at radius 2 is 1.74 bits per heavy atom. The van der Waals surface area contributed by atoms with E-state index in [1.807, 2.05) is 0 Å². The molecule has 0 aromatic rings. The highest BCUT2D eigenvalue weighted by atomic mass is 16.5. The quantitative estimate of drug-likeness (QED) is 0.468. The molecule has 0 spiro atoms.